The predicted molar refractivity (Wildman–Crippen MR) is 60.5 cm³/mol. The highest BCUT2D eigenvalue weighted by Gasteiger charge is 2.20. The Morgan fingerprint density at radius 3 is 3.07 bits per heavy atom. The Bertz CT molecular complexity index is 351. The molecular weight excluding hydrogens is 242 g/mol. The van der Waals surface area contributed by atoms with E-state index in [2.05, 4.69) is 28.9 Å². The van der Waals surface area contributed by atoms with Crippen LogP contribution in [0, 0.1) is 6.92 Å². The summed E-state index contributed by atoms with van der Waals surface area (Å²) in [5, 5.41) is 0. The van der Waals surface area contributed by atoms with Gasteiger partial charge in [-0.3, -0.25) is 0 Å². The molecule has 0 aliphatic carbocycles. The van der Waals surface area contributed by atoms with E-state index in [4.69, 9.17) is 10.5 Å². The van der Waals surface area contributed by atoms with Crippen molar-refractivity contribution in [3.8, 4) is 5.75 Å². The first-order valence-corrected chi connectivity index (χ1v) is 5.67. The van der Waals surface area contributed by atoms with E-state index >= 15 is 0 Å². The highest BCUT2D eigenvalue weighted by atomic mass is 79.9. The van der Waals surface area contributed by atoms with Gasteiger partial charge in [0.25, 0.3) is 0 Å². The summed E-state index contributed by atoms with van der Waals surface area (Å²) in [6, 6.07) is 4.20. The Kier molecular flexibility index (Phi) is 2.79. The Balaban J connectivity index is 2.57. The molecule has 14 heavy (non-hydrogen) atoms. The molecule has 2 rings (SSSR count). The van der Waals surface area contributed by atoms with E-state index in [1.165, 1.54) is 5.56 Å². The minimum Gasteiger partial charge on any atom is -0.493 e. The normalized spacial score (nSPS) is 20.9. The number of halogens is 1. The largest absolute Gasteiger partial charge is 0.493 e. The monoisotopic (exact) mass is 255 g/mol. The maximum Gasteiger partial charge on any atom is 0.128 e. The van der Waals surface area contributed by atoms with E-state index in [9.17, 15) is 0 Å². The van der Waals surface area contributed by atoms with Crippen LogP contribution < -0.4 is 10.5 Å². The highest BCUT2D eigenvalue weighted by Crippen LogP contribution is 2.37. The van der Waals surface area contributed by atoms with Crippen molar-refractivity contribution in [2.75, 3.05) is 6.61 Å². The van der Waals surface area contributed by atoms with E-state index in [0.29, 0.717) is 0 Å². The predicted octanol–water partition coefficient (Wildman–Crippen LogP) is 2.93. The SMILES string of the molecule is Cc1ccc(Br)c2c1OCCC[C@@H]2N. The van der Waals surface area contributed by atoms with Gasteiger partial charge in [-0.25, -0.2) is 0 Å². The quantitative estimate of drug-likeness (QED) is 0.774. The van der Waals surface area contributed by atoms with Gasteiger partial charge in [-0.15, -0.1) is 0 Å². The summed E-state index contributed by atoms with van der Waals surface area (Å²) in [5.74, 6) is 0.976. The first-order chi connectivity index (χ1) is 6.70. The van der Waals surface area contributed by atoms with E-state index in [0.717, 1.165) is 35.2 Å². The first-order valence-electron chi connectivity index (χ1n) is 4.87. The van der Waals surface area contributed by atoms with Gasteiger partial charge in [-0.05, 0) is 31.4 Å². The molecule has 3 heteroatoms. The third-order valence-electron chi connectivity index (χ3n) is 2.62. The lowest BCUT2D eigenvalue weighted by Gasteiger charge is -2.15. The first kappa shape index (κ1) is 9.99. The highest BCUT2D eigenvalue weighted by molar-refractivity contribution is 9.10. The van der Waals surface area contributed by atoms with Crippen molar-refractivity contribution in [3.05, 3.63) is 27.7 Å². The molecule has 0 bridgehead atoms. The molecule has 1 aliphatic heterocycles. The third kappa shape index (κ3) is 1.66. The number of fused-ring (bicyclic) bond motifs is 1. The van der Waals surface area contributed by atoms with Crippen molar-refractivity contribution in [2.45, 2.75) is 25.8 Å². The Morgan fingerprint density at radius 2 is 2.29 bits per heavy atom. The lowest BCUT2D eigenvalue weighted by Crippen LogP contribution is -2.10. The summed E-state index contributed by atoms with van der Waals surface area (Å²) in [7, 11) is 0. The topological polar surface area (TPSA) is 35.2 Å². The maximum absolute atomic E-state index is 6.11. The summed E-state index contributed by atoms with van der Waals surface area (Å²) in [6.07, 6.45) is 2.02. The molecule has 76 valence electrons. The van der Waals surface area contributed by atoms with Crippen LogP contribution in [0.2, 0.25) is 0 Å². The number of ether oxygens (including phenoxy) is 1. The summed E-state index contributed by atoms with van der Waals surface area (Å²) < 4.78 is 6.78. The zero-order chi connectivity index (χ0) is 10.1. The average Bonchev–Trinajstić information content (AvgIpc) is 2.35. The molecule has 0 aromatic heterocycles. The number of benzene rings is 1. The zero-order valence-corrected chi connectivity index (χ0v) is 9.80. The molecule has 0 radical (unpaired) electrons. The van der Waals surface area contributed by atoms with Crippen LogP contribution >= 0.6 is 15.9 Å². The fourth-order valence-corrected chi connectivity index (χ4v) is 2.45. The molecule has 0 amide bonds. The fourth-order valence-electron chi connectivity index (χ4n) is 1.84. The van der Waals surface area contributed by atoms with Crippen molar-refractivity contribution in [1.29, 1.82) is 0 Å². The molecule has 0 saturated carbocycles. The number of rotatable bonds is 0. The van der Waals surface area contributed by atoms with Crippen LogP contribution in [0.3, 0.4) is 0 Å². The smallest absolute Gasteiger partial charge is 0.128 e. The van der Waals surface area contributed by atoms with Crippen LogP contribution in [0.4, 0.5) is 0 Å². The number of aryl methyl sites for hydroxylation is 1. The van der Waals surface area contributed by atoms with Crippen LogP contribution in [0.25, 0.3) is 0 Å². The average molecular weight is 256 g/mol. The molecule has 1 aromatic carbocycles. The van der Waals surface area contributed by atoms with Gasteiger partial charge < -0.3 is 10.5 Å². The summed E-state index contributed by atoms with van der Waals surface area (Å²) in [6.45, 7) is 2.83. The Labute approximate surface area is 92.6 Å². The van der Waals surface area contributed by atoms with Gasteiger partial charge in [-0.1, -0.05) is 22.0 Å². The van der Waals surface area contributed by atoms with Crippen molar-refractivity contribution in [1.82, 2.24) is 0 Å². The summed E-state index contributed by atoms with van der Waals surface area (Å²) >= 11 is 3.53. The molecule has 1 heterocycles. The molecule has 0 saturated heterocycles. The Hall–Kier alpha value is -0.540. The maximum atomic E-state index is 6.11. The minimum atomic E-state index is 0.0989. The van der Waals surface area contributed by atoms with E-state index in [-0.39, 0.29) is 6.04 Å². The van der Waals surface area contributed by atoms with Crippen LogP contribution in [0.15, 0.2) is 16.6 Å². The Morgan fingerprint density at radius 1 is 1.50 bits per heavy atom. The fraction of sp³-hybridized carbons (Fsp3) is 0.455. The second kappa shape index (κ2) is 3.91. The molecule has 0 fully saturated rings. The van der Waals surface area contributed by atoms with Crippen LogP contribution in [-0.2, 0) is 0 Å². The number of nitrogens with two attached hydrogens (primary N) is 1. The van der Waals surface area contributed by atoms with Crippen molar-refractivity contribution in [2.24, 2.45) is 5.73 Å². The number of hydrogen-bond acceptors (Lipinski definition) is 2. The molecule has 1 aliphatic rings. The number of hydrogen-bond donors (Lipinski definition) is 1. The minimum absolute atomic E-state index is 0.0989. The van der Waals surface area contributed by atoms with Gasteiger partial charge >= 0.3 is 0 Å². The molecule has 2 N–H and O–H groups in total. The second-order valence-corrected chi connectivity index (χ2v) is 4.56. The molecule has 1 aromatic rings. The van der Waals surface area contributed by atoms with Crippen molar-refractivity contribution < 1.29 is 4.74 Å². The van der Waals surface area contributed by atoms with E-state index < -0.39 is 0 Å². The second-order valence-electron chi connectivity index (χ2n) is 3.70. The third-order valence-corrected chi connectivity index (χ3v) is 3.31. The molecule has 2 nitrogen and oxygen atoms in total. The van der Waals surface area contributed by atoms with Gasteiger partial charge in [0.1, 0.15) is 5.75 Å². The van der Waals surface area contributed by atoms with Crippen LogP contribution in [0.1, 0.15) is 30.0 Å². The lowest BCUT2D eigenvalue weighted by molar-refractivity contribution is 0.314. The van der Waals surface area contributed by atoms with Gasteiger partial charge in [0, 0.05) is 16.1 Å². The van der Waals surface area contributed by atoms with Gasteiger partial charge in [0.2, 0.25) is 0 Å². The van der Waals surface area contributed by atoms with Crippen molar-refractivity contribution >= 4 is 15.9 Å². The van der Waals surface area contributed by atoms with Crippen LogP contribution in [-0.4, -0.2) is 6.61 Å². The molecule has 1 atom stereocenters. The van der Waals surface area contributed by atoms with Gasteiger partial charge in [0.15, 0.2) is 0 Å². The van der Waals surface area contributed by atoms with Gasteiger partial charge in [0.05, 0.1) is 6.61 Å². The van der Waals surface area contributed by atoms with Crippen LogP contribution in [0.5, 0.6) is 5.75 Å². The zero-order valence-electron chi connectivity index (χ0n) is 8.22. The van der Waals surface area contributed by atoms with Crippen molar-refractivity contribution in [3.63, 3.8) is 0 Å². The lowest BCUT2D eigenvalue weighted by atomic mass is 10.0. The summed E-state index contributed by atoms with van der Waals surface area (Å²) in [4.78, 5) is 0. The van der Waals surface area contributed by atoms with E-state index in [1.807, 2.05) is 6.07 Å². The molecule has 0 spiro atoms. The molecular formula is C11H14BrNO. The molecule has 0 unspecified atom stereocenters. The van der Waals surface area contributed by atoms with E-state index in [1.54, 1.807) is 0 Å². The van der Waals surface area contributed by atoms with Gasteiger partial charge in [-0.2, -0.15) is 0 Å². The summed E-state index contributed by atoms with van der Waals surface area (Å²) in [5.41, 5.74) is 8.40. The standard InChI is InChI=1S/C11H14BrNO/c1-7-4-5-8(12)10-9(13)3-2-6-14-11(7)10/h4-5,9H,2-3,6,13H2,1H3/t9-/m0/s1.